The molecule has 2 aromatic rings. The van der Waals surface area contributed by atoms with Gasteiger partial charge in [-0.15, -0.1) is 0 Å². The summed E-state index contributed by atoms with van der Waals surface area (Å²) in [4.78, 5) is 0. The summed E-state index contributed by atoms with van der Waals surface area (Å²) in [6.45, 7) is 0. The van der Waals surface area contributed by atoms with Crippen molar-refractivity contribution in [3.63, 3.8) is 0 Å². The molecule has 0 aliphatic heterocycles. The molecule has 2 atom stereocenters. The Balaban J connectivity index is 2.14. The van der Waals surface area contributed by atoms with Crippen LogP contribution in [-0.4, -0.2) is 16.3 Å². The molecule has 0 radical (unpaired) electrons. The summed E-state index contributed by atoms with van der Waals surface area (Å²) < 4.78 is 0. The van der Waals surface area contributed by atoms with Gasteiger partial charge in [-0.3, -0.25) is 0 Å². The Hall–Kier alpha value is -1.90. The van der Waals surface area contributed by atoms with Crippen LogP contribution in [0.15, 0.2) is 48.5 Å². The number of aliphatic hydroxyl groups excluding tert-OH is 2. The Labute approximate surface area is 105 Å². The van der Waals surface area contributed by atoms with Crippen molar-refractivity contribution in [3.05, 3.63) is 65.2 Å². The Morgan fingerprint density at radius 2 is 1.50 bits per heavy atom. The summed E-state index contributed by atoms with van der Waals surface area (Å²) in [5.41, 5.74) is 6.44. The third-order valence-electron chi connectivity index (χ3n) is 3.85. The van der Waals surface area contributed by atoms with E-state index in [1.165, 1.54) is 5.56 Å². The molecule has 0 aromatic heterocycles. The van der Waals surface area contributed by atoms with E-state index in [0.717, 1.165) is 27.8 Å². The minimum atomic E-state index is -0.825. The van der Waals surface area contributed by atoms with Gasteiger partial charge >= 0.3 is 0 Å². The van der Waals surface area contributed by atoms with Crippen molar-refractivity contribution in [2.24, 2.45) is 0 Å². The summed E-state index contributed by atoms with van der Waals surface area (Å²) in [5.74, 6) is 0. The summed E-state index contributed by atoms with van der Waals surface area (Å²) in [6, 6.07) is 14.1. The fourth-order valence-electron chi connectivity index (χ4n) is 3.05. The van der Waals surface area contributed by atoms with Crippen molar-refractivity contribution in [1.29, 1.82) is 0 Å². The van der Waals surface area contributed by atoms with Crippen LogP contribution >= 0.6 is 0 Å². The van der Waals surface area contributed by atoms with E-state index in [4.69, 9.17) is 0 Å². The van der Waals surface area contributed by atoms with Crippen LogP contribution in [0.4, 0.5) is 0 Å². The highest BCUT2D eigenvalue weighted by Crippen LogP contribution is 2.49. The van der Waals surface area contributed by atoms with Gasteiger partial charge in [-0.25, -0.2) is 0 Å². The second-order valence-electron chi connectivity index (χ2n) is 4.83. The second-order valence-corrected chi connectivity index (χ2v) is 4.83. The normalized spacial score (nSPS) is 23.3. The molecular formula is C16H12O2. The van der Waals surface area contributed by atoms with Gasteiger partial charge in [0.05, 0.1) is 0 Å². The summed E-state index contributed by atoms with van der Waals surface area (Å²) in [7, 11) is 0. The summed E-state index contributed by atoms with van der Waals surface area (Å²) in [5, 5.41) is 20.0. The first-order chi connectivity index (χ1) is 8.77. The molecule has 18 heavy (non-hydrogen) atoms. The van der Waals surface area contributed by atoms with Crippen LogP contribution < -0.4 is 0 Å². The highest BCUT2D eigenvalue weighted by Gasteiger charge is 2.33. The van der Waals surface area contributed by atoms with Gasteiger partial charge in [-0.05, 0) is 39.5 Å². The lowest BCUT2D eigenvalue weighted by Gasteiger charge is -2.24. The van der Waals surface area contributed by atoms with Crippen LogP contribution in [0.3, 0.4) is 0 Å². The van der Waals surface area contributed by atoms with Crippen LogP contribution in [0.1, 0.15) is 22.8 Å². The van der Waals surface area contributed by atoms with Crippen LogP contribution in [-0.2, 0) is 0 Å². The molecule has 2 aliphatic carbocycles. The maximum atomic E-state index is 10.1. The van der Waals surface area contributed by atoms with Crippen LogP contribution in [0, 0.1) is 0 Å². The predicted octanol–water partition coefficient (Wildman–Crippen LogP) is 2.51. The van der Waals surface area contributed by atoms with Crippen molar-refractivity contribution in [1.82, 2.24) is 0 Å². The highest BCUT2D eigenvalue weighted by molar-refractivity contribution is 6.03. The number of hydrogen-bond donors (Lipinski definition) is 2. The molecule has 2 aliphatic rings. The highest BCUT2D eigenvalue weighted by atomic mass is 16.3. The molecule has 0 saturated carbocycles. The van der Waals surface area contributed by atoms with Crippen molar-refractivity contribution in [2.45, 2.75) is 12.2 Å². The van der Waals surface area contributed by atoms with Crippen LogP contribution in [0.5, 0.6) is 0 Å². The predicted molar refractivity (Wildman–Crippen MR) is 69.9 cm³/mol. The number of benzene rings is 2. The maximum absolute atomic E-state index is 10.1. The Kier molecular flexibility index (Phi) is 1.85. The van der Waals surface area contributed by atoms with E-state index in [-0.39, 0.29) is 0 Å². The Morgan fingerprint density at radius 1 is 0.778 bits per heavy atom. The number of fused-ring (bicyclic) bond motifs is 3. The summed E-state index contributed by atoms with van der Waals surface area (Å²) in [6.07, 6.45) is 0.120. The fraction of sp³-hybridized carbons (Fsp3) is 0.125. The first-order valence-electron chi connectivity index (χ1n) is 6.08. The topological polar surface area (TPSA) is 40.5 Å². The third kappa shape index (κ3) is 1.09. The molecule has 88 valence electrons. The largest absolute Gasteiger partial charge is 0.386 e. The second kappa shape index (κ2) is 3.31. The van der Waals surface area contributed by atoms with Crippen LogP contribution in [0.25, 0.3) is 16.7 Å². The SMILES string of the molecule is O[C@@H]1c2cccc3c2C(=C[C@@H]1O)c1ccccc1-3. The minimum Gasteiger partial charge on any atom is -0.386 e. The lowest BCUT2D eigenvalue weighted by Crippen LogP contribution is -2.20. The Morgan fingerprint density at radius 3 is 2.33 bits per heavy atom. The lowest BCUT2D eigenvalue weighted by atomic mass is 9.87. The van der Waals surface area contributed by atoms with Crippen molar-refractivity contribution in [3.8, 4) is 11.1 Å². The van der Waals surface area contributed by atoms with Gasteiger partial charge in [0.25, 0.3) is 0 Å². The van der Waals surface area contributed by atoms with Gasteiger partial charge in [0.2, 0.25) is 0 Å². The molecular weight excluding hydrogens is 224 g/mol. The molecule has 0 saturated heterocycles. The standard InChI is InChI=1S/C16H12O2/c17-14-8-13-10-5-2-1-4-9(10)11-6-3-7-12(15(11)13)16(14)18/h1-8,14,16-18H/t14-,16+/m0/s1. The van der Waals surface area contributed by atoms with E-state index >= 15 is 0 Å². The zero-order chi connectivity index (χ0) is 12.3. The lowest BCUT2D eigenvalue weighted by molar-refractivity contribution is 0.0467. The third-order valence-corrected chi connectivity index (χ3v) is 3.85. The molecule has 2 heteroatoms. The van der Waals surface area contributed by atoms with Crippen molar-refractivity contribution >= 4 is 5.57 Å². The molecule has 2 aromatic carbocycles. The molecule has 0 unspecified atom stereocenters. The summed E-state index contributed by atoms with van der Waals surface area (Å²) >= 11 is 0. The van der Waals surface area contributed by atoms with E-state index < -0.39 is 12.2 Å². The van der Waals surface area contributed by atoms with E-state index in [1.807, 2.05) is 24.3 Å². The average Bonchev–Trinajstić information content (AvgIpc) is 2.72. The monoisotopic (exact) mass is 236 g/mol. The van der Waals surface area contributed by atoms with Gasteiger partial charge in [-0.1, -0.05) is 42.5 Å². The Bertz CT molecular complexity index is 685. The number of hydrogen-bond acceptors (Lipinski definition) is 2. The zero-order valence-electron chi connectivity index (χ0n) is 9.67. The van der Waals surface area contributed by atoms with Gasteiger partial charge in [0.1, 0.15) is 12.2 Å². The molecule has 0 spiro atoms. The number of rotatable bonds is 0. The molecule has 0 amide bonds. The fourth-order valence-corrected chi connectivity index (χ4v) is 3.05. The molecule has 2 nitrogen and oxygen atoms in total. The van der Waals surface area contributed by atoms with Crippen LogP contribution in [0.2, 0.25) is 0 Å². The molecule has 0 bridgehead atoms. The van der Waals surface area contributed by atoms with Crippen molar-refractivity contribution in [2.75, 3.05) is 0 Å². The quantitative estimate of drug-likeness (QED) is 0.629. The molecule has 2 N–H and O–H groups in total. The zero-order valence-corrected chi connectivity index (χ0v) is 9.67. The molecule has 4 rings (SSSR count). The van der Waals surface area contributed by atoms with Gasteiger partial charge in [0.15, 0.2) is 0 Å². The van der Waals surface area contributed by atoms with E-state index in [1.54, 1.807) is 6.08 Å². The smallest absolute Gasteiger partial charge is 0.109 e. The maximum Gasteiger partial charge on any atom is 0.109 e. The van der Waals surface area contributed by atoms with E-state index in [9.17, 15) is 10.2 Å². The van der Waals surface area contributed by atoms with Crippen molar-refractivity contribution < 1.29 is 10.2 Å². The first-order valence-corrected chi connectivity index (χ1v) is 6.08. The molecule has 0 fully saturated rings. The van der Waals surface area contributed by atoms with Gasteiger partial charge in [0, 0.05) is 0 Å². The number of aliphatic hydroxyl groups is 2. The minimum absolute atomic E-state index is 0.821. The molecule has 0 heterocycles. The van der Waals surface area contributed by atoms with E-state index in [2.05, 4.69) is 18.2 Å². The van der Waals surface area contributed by atoms with Gasteiger partial charge < -0.3 is 10.2 Å². The average molecular weight is 236 g/mol. The first kappa shape index (κ1) is 10.1. The van der Waals surface area contributed by atoms with Gasteiger partial charge in [-0.2, -0.15) is 0 Å². The van der Waals surface area contributed by atoms with E-state index in [0.29, 0.717) is 0 Å².